The highest BCUT2D eigenvalue weighted by Gasteiger charge is 2.33. The van der Waals surface area contributed by atoms with Crippen molar-refractivity contribution in [1.29, 1.82) is 0 Å². The quantitative estimate of drug-likeness (QED) is 0.405. The van der Waals surface area contributed by atoms with Crippen LogP contribution < -0.4 is 15.1 Å². The highest BCUT2D eigenvalue weighted by Crippen LogP contribution is 2.32. The van der Waals surface area contributed by atoms with Gasteiger partial charge in [-0.15, -0.1) is 0 Å². The molecular weight excluding hydrogens is 494 g/mol. The second kappa shape index (κ2) is 9.28. The molecule has 3 aromatic rings. The third-order valence-electron chi connectivity index (χ3n) is 6.01. The first-order valence-corrected chi connectivity index (χ1v) is 12.2. The van der Waals surface area contributed by atoms with Crippen molar-refractivity contribution in [2.45, 2.75) is 38.0 Å². The maximum atomic E-state index is 13.2. The number of fused-ring (bicyclic) bond motifs is 1. The Kier molecular flexibility index (Phi) is 6.12. The van der Waals surface area contributed by atoms with Crippen LogP contribution in [-0.4, -0.2) is 52.0 Å². The Hall–Kier alpha value is -4.32. The number of anilines is 3. The fourth-order valence-corrected chi connectivity index (χ4v) is 4.33. The van der Waals surface area contributed by atoms with E-state index in [1.54, 1.807) is 50.6 Å². The lowest BCUT2D eigenvalue weighted by Crippen LogP contribution is -2.46. The summed E-state index contributed by atoms with van der Waals surface area (Å²) in [5.41, 5.74) is 3.11. The van der Waals surface area contributed by atoms with Crippen LogP contribution in [0.15, 0.2) is 52.9 Å². The van der Waals surface area contributed by atoms with Crippen molar-refractivity contribution in [2.75, 3.05) is 28.8 Å². The average molecular weight is 519 g/mol. The number of urea groups is 1. The number of carbonyl (C=O) groups excluding carboxylic acids is 2. The number of hydrogen-bond donors (Lipinski definition) is 1. The maximum Gasteiger partial charge on any atom is 0.550 e. The molecule has 0 saturated carbocycles. The standard InChI is InChI=1S/C25H23N7O4S/c1-14-19(32-12-17-10-27-23(37-35)29-20(17)31(4)24(32)34)9-18(11-26-14)28-21(33)15-6-5-7-16(8-15)22-30-25(2,3)13-36-22/h5-11H,12-13H2,1-4H3/p+1. The van der Waals surface area contributed by atoms with Gasteiger partial charge in [0.25, 0.3) is 5.91 Å². The molecule has 11 nitrogen and oxygen atoms in total. The van der Waals surface area contributed by atoms with E-state index in [9.17, 15) is 13.8 Å². The molecule has 5 rings (SSSR count). The van der Waals surface area contributed by atoms with Gasteiger partial charge >= 0.3 is 22.9 Å². The van der Waals surface area contributed by atoms with E-state index in [2.05, 4.69) is 25.3 Å². The third-order valence-corrected chi connectivity index (χ3v) is 6.35. The minimum atomic E-state index is -0.339. The van der Waals surface area contributed by atoms with E-state index in [0.29, 0.717) is 46.5 Å². The van der Waals surface area contributed by atoms with Crippen molar-refractivity contribution in [1.82, 2.24) is 15.0 Å². The Morgan fingerprint density at radius 1 is 1.19 bits per heavy atom. The molecule has 2 aliphatic rings. The number of aryl methyl sites for hydroxylation is 1. The van der Waals surface area contributed by atoms with Gasteiger partial charge in [-0.1, -0.05) is 6.07 Å². The van der Waals surface area contributed by atoms with E-state index in [1.807, 2.05) is 19.9 Å². The number of amides is 3. The van der Waals surface area contributed by atoms with Gasteiger partial charge in [-0.3, -0.25) is 19.6 Å². The Balaban J connectivity index is 1.39. The van der Waals surface area contributed by atoms with Gasteiger partial charge in [0.1, 0.15) is 6.61 Å². The molecule has 4 heterocycles. The molecule has 3 amide bonds. The number of carbonyl (C=O) groups is 2. The number of ether oxygens (including phenoxy) is 1. The Labute approximate surface area is 217 Å². The number of nitrogens with zero attached hydrogens (tertiary/aromatic N) is 6. The molecule has 1 aromatic carbocycles. The smallest absolute Gasteiger partial charge is 0.475 e. The molecule has 37 heavy (non-hydrogen) atoms. The Morgan fingerprint density at radius 3 is 2.73 bits per heavy atom. The first-order chi connectivity index (χ1) is 17.6. The normalized spacial score (nSPS) is 16.1. The summed E-state index contributed by atoms with van der Waals surface area (Å²) in [6.45, 7) is 6.43. The summed E-state index contributed by atoms with van der Waals surface area (Å²) in [6, 6.07) is 8.42. The molecule has 188 valence electrons. The number of pyridine rings is 1. The molecule has 12 heteroatoms. The molecule has 0 atom stereocenters. The minimum Gasteiger partial charge on any atom is -0.475 e. The van der Waals surface area contributed by atoms with Gasteiger partial charge < -0.3 is 10.1 Å². The molecule has 0 unspecified atom stereocenters. The van der Waals surface area contributed by atoms with Crippen LogP contribution in [0.5, 0.6) is 0 Å². The molecule has 2 aliphatic heterocycles. The zero-order valence-electron chi connectivity index (χ0n) is 20.7. The van der Waals surface area contributed by atoms with Crippen LogP contribution in [0.2, 0.25) is 0 Å². The van der Waals surface area contributed by atoms with Crippen molar-refractivity contribution >= 4 is 46.7 Å². The molecule has 0 aliphatic carbocycles. The van der Waals surface area contributed by atoms with Crippen molar-refractivity contribution in [3.63, 3.8) is 0 Å². The second-order valence-electron chi connectivity index (χ2n) is 9.39. The van der Waals surface area contributed by atoms with Crippen molar-refractivity contribution < 1.29 is 18.5 Å². The second-order valence-corrected chi connectivity index (χ2v) is 9.93. The van der Waals surface area contributed by atoms with E-state index >= 15 is 0 Å². The summed E-state index contributed by atoms with van der Waals surface area (Å²) in [5.74, 6) is 0.570. The average Bonchev–Trinajstić information content (AvgIpc) is 3.27. The zero-order valence-corrected chi connectivity index (χ0v) is 21.5. The van der Waals surface area contributed by atoms with E-state index in [1.165, 1.54) is 9.80 Å². The fraction of sp³-hybridized carbons (Fsp3) is 0.280. The van der Waals surface area contributed by atoms with Crippen LogP contribution >= 0.6 is 0 Å². The molecule has 2 aromatic heterocycles. The first kappa shape index (κ1) is 24.4. The Morgan fingerprint density at radius 2 is 2.00 bits per heavy atom. The molecule has 0 spiro atoms. The molecule has 0 fully saturated rings. The molecule has 1 N–H and O–H groups in total. The topological polar surface area (TPSA) is 130 Å². The maximum absolute atomic E-state index is 13.2. The SMILES string of the molecule is Cc1ncc(NC(=O)c2cccc(C3=NC(C)(C)CO3)c2)cc1N1Cc2cnc([S+]=O)nc2N(C)C1=O. The van der Waals surface area contributed by atoms with Gasteiger partial charge in [0.15, 0.2) is 5.82 Å². The number of aromatic nitrogens is 3. The van der Waals surface area contributed by atoms with Crippen LogP contribution in [0.3, 0.4) is 0 Å². The minimum absolute atomic E-state index is 0.0498. The predicted octanol–water partition coefficient (Wildman–Crippen LogP) is 3.35. The van der Waals surface area contributed by atoms with E-state index in [4.69, 9.17) is 4.74 Å². The van der Waals surface area contributed by atoms with Gasteiger partial charge in [0.05, 0.1) is 35.3 Å². The number of benzene rings is 1. The fourth-order valence-electron chi connectivity index (χ4n) is 4.11. The van der Waals surface area contributed by atoms with Crippen molar-refractivity contribution in [3.8, 4) is 0 Å². The van der Waals surface area contributed by atoms with Crippen LogP contribution in [-0.2, 0) is 27.2 Å². The first-order valence-electron chi connectivity index (χ1n) is 11.5. The molecular formula is C25H24N7O4S+. The van der Waals surface area contributed by atoms with E-state index in [0.717, 1.165) is 5.56 Å². The zero-order chi connectivity index (χ0) is 26.3. The van der Waals surface area contributed by atoms with Crippen LogP contribution in [0.4, 0.5) is 22.0 Å². The number of aliphatic imine (C=N–C) groups is 1. The van der Waals surface area contributed by atoms with Crippen LogP contribution in [0.25, 0.3) is 0 Å². The van der Waals surface area contributed by atoms with Gasteiger partial charge in [-0.25, -0.2) is 9.79 Å². The van der Waals surface area contributed by atoms with Crippen LogP contribution in [0, 0.1) is 6.92 Å². The monoisotopic (exact) mass is 518 g/mol. The van der Waals surface area contributed by atoms with Gasteiger partial charge in [0, 0.05) is 34.1 Å². The summed E-state index contributed by atoms with van der Waals surface area (Å²) < 4.78 is 16.8. The van der Waals surface area contributed by atoms with Gasteiger partial charge in [0.2, 0.25) is 5.90 Å². The number of nitrogens with one attached hydrogen (secondary N) is 1. The van der Waals surface area contributed by atoms with Gasteiger partial charge in [-0.05, 0) is 45.0 Å². The summed E-state index contributed by atoms with van der Waals surface area (Å²) in [5, 5.41) is 2.91. The lowest BCUT2D eigenvalue weighted by atomic mass is 10.1. The van der Waals surface area contributed by atoms with Crippen molar-refractivity contribution in [3.05, 3.63) is 65.1 Å². The Bertz CT molecular complexity index is 1470. The predicted molar refractivity (Wildman–Crippen MR) is 138 cm³/mol. The number of hydrogen-bond acceptors (Lipinski definition) is 8. The van der Waals surface area contributed by atoms with Gasteiger partial charge in [-0.2, -0.15) is 9.97 Å². The molecule has 0 radical (unpaired) electrons. The van der Waals surface area contributed by atoms with E-state index < -0.39 is 0 Å². The van der Waals surface area contributed by atoms with Crippen molar-refractivity contribution in [2.24, 2.45) is 4.99 Å². The lowest BCUT2D eigenvalue weighted by molar-refractivity contribution is 0.102. The summed E-state index contributed by atoms with van der Waals surface area (Å²) in [4.78, 5) is 46.3. The highest BCUT2D eigenvalue weighted by atomic mass is 32.1. The molecule has 0 saturated heterocycles. The number of rotatable bonds is 5. The lowest BCUT2D eigenvalue weighted by Gasteiger charge is -2.34. The highest BCUT2D eigenvalue weighted by molar-refractivity contribution is 7.65. The summed E-state index contributed by atoms with van der Waals surface area (Å²) in [6.07, 6.45) is 3.08. The molecule has 0 bridgehead atoms. The largest absolute Gasteiger partial charge is 0.550 e. The third kappa shape index (κ3) is 4.75. The van der Waals surface area contributed by atoms with Crippen LogP contribution in [0.1, 0.15) is 41.0 Å². The summed E-state index contributed by atoms with van der Waals surface area (Å²) >= 11 is 0.171. The summed E-state index contributed by atoms with van der Waals surface area (Å²) in [7, 11) is 1.58. The van der Waals surface area contributed by atoms with E-state index in [-0.39, 0.29) is 40.8 Å².